The van der Waals surface area contributed by atoms with E-state index in [2.05, 4.69) is 5.32 Å². The lowest BCUT2D eigenvalue weighted by Gasteiger charge is -2.18. The number of nitrogens with two attached hydrogens (primary N) is 1. The summed E-state index contributed by atoms with van der Waals surface area (Å²) in [6.07, 6.45) is 2.32. The van der Waals surface area contributed by atoms with Crippen LogP contribution in [0.3, 0.4) is 0 Å². The Morgan fingerprint density at radius 1 is 1.58 bits per heavy atom. The molecule has 1 saturated carbocycles. The van der Waals surface area contributed by atoms with Gasteiger partial charge in [0, 0.05) is 18.2 Å². The third kappa shape index (κ3) is 3.85. The van der Waals surface area contributed by atoms with Crippen LogP contribution in [0.5, 0.6) is 5.75 Å². The standard InChI is InChI=1S/C14H19ClN2O2/c1-2-12(14(16)18)19-13-9(4-3-5-11(13)15)8-17-10-6-7-10/h3-5,10,12,17H,2,6-8H2,1H3,(H2,16,18). The third-order valence-corrected chi connectivity index (χ3v) is 3.45. The molecule has 4 nitrogen and oxygen atoms in total. The minimum Gasteiger partial charge on any atom is -0.479 e. The van der Waals surface area contributed by atoms with Crippen molar-refractivity contribution in [1.82, 2.24) is 5.32 Å². The lowest BCUT2D eigenvalue weighted by atomic mass is 10.2. The average molecular weight is 283 g/mol. The molecule has 2 rings (SSSR count). The van der Waals surface area contributed by atoms with E-state index in [4.69, 9.17) is 22.1 Å². The van der Waals surface area contributed by atoms with E-state index >= 15 is 0 Å². The van der Waals surface area contributed by atoms with Crippen molar-refractivity contribution in [3.8, 4) is 5.75 Å². The number of carbonyl (C=O) groups excluding carboxylic acids is 1. The van der Waals surface area contributed by atoms with Crippen LogP contribution in [0.4, 0.5) is 0 Å². The highest BCUT2D eigenvalue weighted by Gasteiger charge is 2.22. The van der Waals surface area contributed by atoms with E-state index in [1.54, 1.807) is 6.07 Å². The number of hydrogen-bond acceptors (Lipinski definition) is 3. The van der Waals surface area contributed by atoms with Crippen LogP contribution in [0.25, 0.3) is 0 Å². The van der Waals surface area contributed by atoms with E-state index in [1.807, 2.05) is 19.1 Å². The maximum absolute atomic E-state index is 11.3. The maximum atomic E-state index is 11.3. The zero-order valence-corrected chi connectivity index (χ0v) is 11.7. The van der Waals surface area contributed by atoms with Gasteiger partial charge in [0.1, 0.15) is 5.75 Å². The van der Waals surface area contributed by atoms with Crippen molar-refractivity contribution in [2.24, 2.45) is 5.73 Å². The highest BCUT2D eigenvalue weighted by atomic mass is 35.5. The molecule has 0 heterocycles. The fraction of sp³-hybridized carbons (Fsp3) is 0.500. The van der Waals surface area contributed by atoms with Crippen molar-refractivity contribution < 1.29 is 9.53 Å². The van der Waals surface area contributed by atoms with Crippen LogP contribution >= 0.6 is 11.6 Å². The summed E-state index contributed by atoms with van der Waals surface area (Å²) in [5.41, 5.74) is 6.26. The van der Waals surface area contributed by atoms with Crippen LogP contribution in [-0.2, 0) is 11.3 Å². The number of amides is 1. The quantitative estimate of drug-likeness (QED) is 0.806. The summed E-state index contributed by atoms with van der Waals surface area (Å²) in [6, 6.07) is 6.18. The molecule has 1 fully saturated rings. The number of carbonyl (C=O) groups is 1. The summed E-state index contributed by atoms with van der Waals surface area (Å²) in [4.78, 5) is 11.3. The van der Waals surface area contributed by atoms with E-state index < -0.39 is 12.0 Å². The van der Waals surface area contributed by atoms with E-state index in [0.717, 1.165) is 5.56 Å². The van der Waals surface area contributed by atoms with Crippen molar-refractivity contribution in [2.75, 3.05) is 0 Å². The van der Waals surface area contributed by atoms with Gasteiger partial charge in [0.05, 0.1) is 5.02 Å². The molecule has 0 saturated heterocycles. The van der Waals surface area contributed by atoms with E-state index in [1.165, 1.54) is 12.8 Å². The zero-order chi connectivity index (χ0) is 13.8. The Kier molecular flexibility index (Phi) is 4.66. The molecule has 1 aliphatic rings. The second-order valence-electron chi connectivity index (χ2n) is 4.80. The molecule has 1 aromatic carbocycles. The predicted octanol–water partition coefficient (Wildman–Crippen LogP) is 2.23. The molecular formula is C14H19ClN2O2. The molecule has 0 aromatic heterocycles. The van der Waals surface area contributed by atoms with Crippen molar-refractivity contribution >= 4 is 17.5 Å². The molecule has 1 atom stereocenters. The van der Waals surface area contributed by atoms with Crippen LogP contribution in [0.15, 0.2) is 18.2 Å². The summed E-state index contributed by atoms with van der Waals surface area (Å²) < 4.78 is 5.69. The second-order valence-corrected chi connectivity index (χ2v) is 5.21. The Labute approximate surface area is 118 Å². The molecule has 1 amide bonds. The first-order valence-corrected chi connectivity index (χ1v) is 6.96. The normalized spacial score (nSPS) is 16.1. The van der Waals surface area contributed by atoms with Gasteiger partial charge in [-0.15, -0.1) is 0 Å². The lowest BCUT2D eigenvalue weighted by molar-refractivity contribution is -0.124. The van der Waals surface area contributed by atoms with Crippen molar-refractivity contribution in [3.05, 3.63) is 28.8 Å². The monoisotopic (exact) mass is 282 g/mol. The highest BCUT2D eigenvalue weighted by Crippen LogP contribution is 2.31. The molecular weight excluding hydrogens is 264 g/mol. The summed E-state index contributed by atoms with van der Waals surface area (Å²) in [6.45, 7) is 2.55. The number of para-hydroxylation sites is 1. The van der Waals surface area contributed by atoms with Gasteiger partial charge in [-0.25, -0.2) is 0 Å². The molecule has 1 unspecified atom stereocenters. The molecule has 3 N–H and O–H groups in total. The predicted molar refractivity (Wildman–Crippen MR) is 75.2 cm³/mol. The minimum absolute atomic E-state index is 0.469. The number of nitrogens with one attached hydrogen (secondary N) is 1. The number of primary amides is 1. The molecule has 0 aliphatic heterocycles. The lowest BCUT2D eigenvalue weighted by Crippen LogP contribution is -2.33. The summed E-state index contributed by atoms with van der Waals surface area (Å²) >= 11 is 6.16. The molecule has 5 heteroatoms. The Morgan fingerprint density at radius 2 is 2.32 bits per heavy atom. The first kappa shape index (κ1) is 14.2. The van der Waals surface area contributed by atoms with Crippen molar-refractivity contribution in [2.45, 2.75) is 44.9 Å². The Hall–Kier alpha value is -1.26. The van der Waals surface area contributed by atoms with Gasteiger partial charge >= 0.3 is 0 Å². The van der Waals surface area contributed by atoms with E-state index in [0.29, 0.717) is 29.8 Å². The summed E-state index contributed by atoms with van der Waals surface area (Å²) in [5.74, 6) is 0.0893. The highest BCUT2D eigenvalue weighted by molar-refractivity contribution is 6.32. The van der Waals surface area contributed by atoms with Crippen LogP contribution in [0.1, 0.15) is 31.7 Å². The van der Waals surface area contributed by atoms with Crippen molar-refractivity contribution in [1.29, 1.82) is 0 Å². The molecule has 0 radical (unpaired) electrons. The number of ether oxygens (including phenoxy) is 1. The maximum Gasteiger partial charge on any atom is 0.258 e. The second kappa shape index (κ2) is 6.26. The van der Waals surface area contributed by atoms with Crippen LogP contribution in [0.2, 0.25) is 5.02 Å². The first-order chi connectivity index (χ1) is 9.11. The zero-order valence-electron chi connectivity index (χ0n) is 11.0. The number of benzene rings is 1. The largest absolute Gasteiger partial charge is 0.479 e. The number of hydrogen-bond donors (Lipinski definition) is 2. The summed E-state index contributed by atoms with van der Waals surface area (Å²) in [7, 11) is 0. The van der Waals surface area contributed by atoms with Gasteiger partial charge < -0.3 is 15.8 Å². The van der Waals surface area contributed by atoms with Crippen LogP contribution in [0, 0.1) is 0 Å². The molecule has 1 aliphatic carbocycles. The smallest absolute Gasteiger partial charge is 0.258 e. The van der Waals surface area contributed by atoms with Gasteiger partial charge in [0.2, 0.25) is 0 Å². The number of halogens is 1. The number of rotatable bonds is 7. The van der Waals surface area contributed by atoms with Crippen LogP contribution in [-0.4, -0.2) is 18.1 Å². The van der Waals surface area contributed by atoms with Gasteiger partial charge in [-0.05, 0) is 25.3 Å². The van der Waals surface area contributed by atoms with Gasteiger partial charge in [-0.3, -0.25) is 4.79 Å². The molecule has 0 bridgehead atoms. The Bertz CT molecular complexity index is 461. The van der Waals surface area contributed by atoms with Crippen molar-refractivity contribution in [3.63, 3.8) is 0 Å². The van der Waals surface area contributed by atoms with Gasteiger partial charge in [-0.1, -0.05) is 30.7 Å². The first-order valence-electron chi connectivity index (χ1n) is 6.58. The minimum atomic E-state index is -0.639. The molecule has 1 aromatic rings. The molecule has 0 spiro atoms. The Balaban J connectivity index is 2.13. The van der Waals surface area contributed by atoms with Crippen LogP contribution < -0.4 is 15.8 Å². The Morgan fingerprint density at radius 3 is 2.89 bits per heavy atom. The average Bonchev–Trinajstić information content (AvgIpc) is 3.19. The SMILES string of the molecule is CCC(Oc1c(Cl)cccc1CNC1CC1)C(N)=O. The van der Waals surface area contributed by atoms with E-state index in [-0.39, 0.29) is 0 Å². The van der Waals surface area contributed by atoms with E-state index in [9.17, 15) is 4.79 Å². The third-order valence-electron chi connectivity index (χ3n) is 3.16. The topological polar surface area (TPSA) is 64.3 Å². The van der Waals surface area contributed by atoms with Gasteiger partial charge in [0.15, 0.2) is 6.10 Å². The molecule has 104 valence electrons. The fourth-order valence-corrected chi connectivity index (χ4v) is 2.09. The fourth-order valence-electron chi connectivity index (χ4n) is 1.85. The summed E-state index contributed by atoms with van der Waals surface area (Å²) in [5, 5.41) is 3.92. The van der Waals surface area contributed by atoms with Gasteiger partial charge in [-0.2, -0.15) is 0 Å². The van der Waals surface area contributed by atoms with Gasteiger partial charge in [0.25, 0.3) is 5.91 Å². The molecule has 19 heavy (non-hydrogen) atoms.